The predicted octanol–water partition coefficient (Wildman–Crippen LogP) is 3.33. The highest BCUT2D eigenvalue weighted by molar-refractivity contribution is 9.10. The molecule has 2 aromatic carbocycles. The molecule has 0 unspecified atom stereocenters. The summed E-state index contributed by atoms with van der Waals surface area (Å²) >= 11 is 3.27. The van der Waals surface area contributed by atoms with Crippen LogP contribution in [0.2, 0.25) is 0 Å². The smallest absolute Gasteiger partial charge is 0.304 e. The van der Waals surface area contributed by atoms with Crippen LogP contribution in [0, 0.1) is 0 Å². The number of carbonyl (C=O) groups is 1. The van der Waals surface area contributed by atoms with E-state index in [9.17, 15) is 13.2 Å². The normalized spacial score (nSPS) is 13.0. The molecule has 0 aliphatic rings. The molecule has 7 heteroatoms. The topological polar surface area (TPSA) is 74.7 Å². The first-order chi connectivity index (χ1) is 11.3. The Kier molecular flexibility index (Phi) is 6.15. The number of benzene rings is 2. The molecule has 24 heavy (non-hydrogen) atoms. The van der Waals surface area contributed by atoms with E-state index in [-0.39, 0.29) is 17.9 Å². The quantitative estimate of drug-likeness (QED) is 0.757. The van der Waals surface area contributed by atoms with Gasteiger partial charge in [-0.3, -0.25) is 4.79 Å². The van der Waals surface area contributed by atoms with Gasteiger partial charge in [-0.15, -0.1) is 0 Å². The van der Waals surface area contributed by atoms with E-state index in [0.29, 0.717) is 0 Å². The molecule has 2 aromatic rings. The number of hydrogen-bond acceptors (Lipinski definition) is 3. The molecule has 5 nitrogen and oxygen atoms in total. The van der Waals surface area contributed by atoms with Gasteiger partial charge in [0, 0.05) is 24.0 Å². The maximum absolute atomic E-state index is 12.7. The number of aliphatic carboxylic acids is 1. The van der Waals surface area contributed by atoms with Crippen LogP contribution in [0.1, 0.15) is 17.9 Å². The van der Waals surface area contributed by atoms with Crippen molar-refractivity contribution in [2.75, 3.05) is 13.6 Å². The molecular formula is C17H18BrNO4S. The second kappa shape index (κ2) is 7.92. The van der Waals surface area contributed by atoms with Gasteiger partial charge in [-0.05, 0) is 29.8 Å². The summed E-state index contributed by atoms with van der Waals surface area (Å²) in [4.78, 5) is 11.3. The van der Waals surface area contributed by atoms with E-state index < -0.39 is 21.9 Å². The number of halogens is 1. The van der Waals surface area contributed by atoms with Crippen molar-refractivity contribution in [3.63, 3.8) is 0 Å². The highest BCUT2D eigenvalue weighted by Crippen LogP contribution is 2.24. The summed E-state index contributed by atoms with van der Waals surface area (Å²) in [6.07, 6.45) is -0.135. The third-order valence-corrected chi connectivity index (χ3v) is 6.06. The Labute approximate surface area is 150 Å². The lowest BCUT2D eigenvalue weighted by atomic mass is 9.96. The number of rotatable bonds is 7. The summed E-state index contributed by atoms with van der Waals surface area (Å²) in [5.41, 5.74) is 0.803. The summed E-state index contributed by atoms with van der Waals surface area (Å²) in [7, 11) is -2.21. The molecule has 0 bridgehead atoms. The van der Waals surface area contributed by atoms with Gasteiger partial charge in [0.25, 0.3) is 0 Å². The average molecular weight is 412 g/mol. The van der Waals surface area contributed by atoms with Gasteiger partial charge in [-0.1, -0.05) is 46.3 Å². The second-order valence-electron chi connectivity index (χ2n) is 5.44. The van der Waals surface area contributed by atoms with Crippen molar-refractivity contribution in [3.8, 4) is 0 Å². The van der Waals surface area contributed by atoms with E-state index in [1.54, 1.807) is 12.1 Å². The fourth-order valence-corrected chi connectivity index (χ4v) is 3.90. The lowest BCUT2D eigenvalue weighted by molar-refractivity contribution is -0.137. The van der Waals surface area contributed by atoms with Gasteiger partial charge in [-0.2, -0.15) is 0 Å². The largest absolute Gasteiger partial charge is 0.481 e. The fourth-order valence-electron chi connectivity index (χ4n) is 2.42. The van der Waals surface area contributed by atoms with E-state index in [0.717, 1.165) is 10.0 Å². The summed E-state index contributed by atoms with van der Waals surface area (Å²) in [6, 6.07) is 15.4. The van der Waals surface area contributed by atoms with E-state index >= 15 is 0 Å². The standard InChI is InChI=1S/C17H18BrNO4S/c1-19(24(22,23)16-9-7-15(18)8-10-16)12-14(11-17(20)21)13-5-3-2-4-6-13/h2-10,14H,11-12H2,1H3,(H,20,21)/t14-/m0/s1. The van der Waals surface area contributed by atoms with Gasteiger partial charge in [0.05, 0.1) is 11.3 Å². The molecule has 0 saturated heterocycles. The van der Waals surface area contributed by atoms with Crippen molar-refractivity contribution >= 4 is 31.9 Å². The molecule has 2 rings (SSSR count). The lowest BCUT2D eigenvalue weighted by Crippen LogP contribution is -2.32. The zero-order valence-electron chi connectivity index (χ0n) is 13.1. The minimum atomic E-state index is -3.68. The molecule has 0 amide bonds. The van der Waals surface area contributed by atoms with Gasteiger partial charge in [0.15, 0.2) is 0 Å². The van der Waals surface area contributed by atoms with Crippen molar-refractivity contribution < 1.29 is 18.3 Å². The first-order valence-electron chi connectivity index (χ1n) is 7.29. The van der Waals surface area contributed by atoms with Gasteiger partial charge in [0.2, 0.25) is 10.0 Å². The third kappa shape index (κ3) is 4.66. The Hall–Kier alpha value is -1.70. The molecule has 0 aliphatic heterocycles. The number of likely N-dealkylation sites (N-methyl/N-ethyl adjacent to an activating group) is 1. The van der Waals surface area contributed by atoms with Gasteiger partial charge >= 0.3 is 5.97 Å². The summed E-state index contributed by atoms with van der Waals surface area (Å²) in [6.45, 7) is 0.0920. The van der Waals surface area contributed by atoms with Crippen LogP contribution in [-0.2, 0) is 14.8 Å². The van der Waals surface area contributed by atoms with Gasteiger partial charge < -0.3 is 5.11 Å². The maximum Gasteiger partial charge on any atom is 0.304 e. The van der Waals surface area contributed by atoms with Crippen LogP contribution in [0.4, 0.5) is 0 Å². The minimum absolute atomic E-state index is 0.0920. The molecular weight excluding hydrogens is 394 g/mol. The molecule has 0 radical (unpaired) electrons. The number of sulfonamides is 1. The highest BCUT2D eigenvalue weighted by Gasteiger charge is 2.25. The van der Waals surface area contributed by atoms with E-state index in [1.807, 2.05) is 30.3 Å². The SMILES string of the molecule is CN(C[C@H](CC(=O)O)c1ccccc1)S(=O)(=O)c1ccc(Br)cc1. The Bertz CT molecular complexity index is 791. The predicted molar refractivity (Wildman–Crippen MR) is 95.4 cm³/mol. The molecule has 1 atom stereocenters. The van der Waals surface area contributed by atoms with Crippen molar-refractivity contribution in [2.45, 2.75) is 17.2 Å². The first kappa shape index (κ1) is 18.6. The number of hydrogen-bond donors (Lipinski definition) is 1. The molecule has 128 valence electrons. The van der Waals surface area contributed by atoms with Crippen molar-refractivity contribution in [3.05, 3.63) is 64.6 Å². The summed E-state index contributed by atoms with van der Waals surface area (Å²) in [5, 5.41) is 9.14. The van der Waals surface area contributed by atoms with Gasteiger partial charge in [0.1, 0.15) is 0 Å². The van der Waals surface area contributed by atoms with Crippen molar-refractivity contribution in [1.82, 2.24) is 4.31 Å². The Balaban J connectivity index is 2.24. The molecule has 0 aliphatic carbocycles. The van der Waals surface area contributed by atoms with Crippen molar-refractivity contribution in [1.29, 1.82) is 0 Å². The Morgan fingerprint density at radius 1 is 1.12 bits per heavy atom. The fraction of sp³-hybridized carbons (Fsp3) is 0.235. The van der Waals surface area contributed by atoms with Crippen LogP contribution >= 0.6 is 15.9 Å². The Morgan fingerprint density at radius 2 is 1.71 bits per heavy atom. The summed E-state index contributed by atoms with van der Waals surface area (Å²) in [5.74, 6) is -1.38. The average Bonchev–Trinajstić information content (AvgIpc) is 2.55. The van der Waals surface area contributed by atoms with E-state index in [4.69, 9.17) is 5.11 Å². The molecule has 0 saturated carbocycles. The second-order valence-corrected chi connectivity index (χ2v) is 8.41. The maximum atomic E-state index is 12.7. The zero-order valence-corrected chi connectivity index (χ0v) is 15.5. The summed E-state index contributed by atoms with van der Waals surface area (Å²) < 4.78 is 27.3. The molecule has 0 spiro atoms. The third-order valence-electron chi connectivity index (χ3n) is 3.69. The monoisotopic (exact) mass is 411 g/mol. The number of carboxylic acid groups (broad SMARTS) is 1. The molecule has 0 heterocycles. The van der Waals surface area contributed by atoms with Crippen LogP contribution in [0.3, 0.4) is 0 Å². The van der Waals surface area contributed by atoms with Crippen LogP contribution < -0.4 is 0 Å². The Morgan fingerprint density at radius 3 is 2.25 bits per heavy atom. The first-order valence-corrected chi connectivity index (χ1v) is 9.52. The highest BCUT2D eigenvalue weighted by atomic mass is 79.9. The van der Waals surface area contributed by atoms with Crippen LogP contribution in [-0.4, -0.2) is 37.4 Å². The lowest BCUT2D eigenvalue weighted by Gasteiger charge is -2.23. The van der Waals surface area contributed by atoms with E-state index in [1.165, 1.54) is 23.5 Å². The van der Waals surface area contributed by atoms with Gasteiger partial charge in [-0.25, -0.2) is 12.7 Å². The molecule has 0 fully saturated rings. The number of carboxylic acids is 1. The van der Waals surface area contributed by atoms with Crippen LogP contribution in [0.15, 0.2) is 64.0 Å². The molecule has 1 N–H and O–H groups in total. The van der Waals surface area contributed by atoms with Crippen LogP contribution in [0.25, 0.3) is 0 Å². The molecule has 0 aromatic heterocycles. The minimum Gasteiger partial charge on any atom is -0.481 e. The zero-order chi connectivity index (χ0) is 17.7. The van der Waals surface area contributed by atoms with E-state index in [2.05, 4.69) is 15.9 Å². The number of nitrogens with zero attached hydrogens (tertiary/aromatic N) is 1. The van der Waals surface area contributed by atoms with Crippen LogP contribution in [0.5, 0.6) is 0 Å². The van der Waals surface area contributed by atoms with Crippen molar-refractivity contribution in [2.24, 2.45) is 0 Å².